The van der Waals surface area contributed by atoms with Gasteiger partial charge in [0.1, 0.15) is 11.2 Å². The number of fused-ring (bicyclic) bond motifs is 7. The second-order valence-corrected chi connectivity index (χ2v) is 21.6. The molecule has 0 radical (unpaired) electrons. The number of thiophene rings is 1. The zero-order chi connectivity index (χ0) is 47.0. The summed E-state index contributed by atoms with van der Waals surface area (Å²) in [5, 5.41) is 7.36. The van der Waals surface area contributed by atoms with E-state index in [1.54, 1.807) is 0 Å². The summed E-state index contributed by atoms with van der Waals surface area (Å²) >= 11 is 1.88. The smallest absolute Gasteiger partial charge is 0.136 e. The van der Waals surface area contributed by atoms with Gasteiger partial charge in [0.15, 0.2) is 0 Å². The Morgan fingerprint density at radius 2 is 0.884 bits per heavy atom. The van der Waals surface area contributed by atoms with Crippen LogP contribution in [0.4, 0.5) is 17.1 Å². The van der Waals surface area contributed by atoms with Crippen LogP contribution in [0.5, 0.6) is 0 Å². The van der Waals surface area contributed by atoms with E-state index in [9.17, 15) is 0 Å². The summed E-state index contributed by atoms with van der Waals surface area (Å²) in [6.07, 6.45) is 0. The van der Waals surface area contributed by atoms with Crippen LogP contribution in [-0.4, -0.2) is 0 Å². The lowest BCUT2D eigenvalue weighted by molar-refractivity contribution is 0.569. The van der Waals surface area contributed by atoms with Crippen LogP contribution in [0, 0.1) is 0 Å². The minimum Gasteiger partial charge on any atom is -0.456 e. The molecule has 0 aliphatic heterocycles. The van der Waals surface area contributed by atoms with Crippen molar-refractivity contribution in [2.75, 3.05) is 4.90 Å². The number of rotatable bonds is 7. The summed E-state index contributed by atoms with van der Waals surface area (Å²) in [5.74, 6) is 0. The third kappa shape index (κ3) is 7.50. The molecule has 0 saturated heterocycles. The molecule has 0 fully saturated rings. The SMILES string of the molecule is CC(C)(C)c1cc(-c2cccc3cccc(-c4ccccc4N(c4ccc(-c5cccc6c5sc5ccccc56)cc4)c4ccc(-c5cccc6oc7ccccc7c56)cc4)c23)cc(C(C)(C)C)c1. The van der Waals surface area contributed by atoms with E-state index in [4.69, 9.17) is 4.42 Å². The van der Waals surface area contributed by atoms with Crippen molar-refractivity contribution in [2.24, 2.45) is 0 Å². The van der Waals surface area contributed by atoms with Crippen molar-refractivity contribution in [3.05, 3.63) is 223 Å². The maximum absolute atomic E-state index is 6.33. The Kier molecular flexibility index (Phi) is 10.2. The molecule has 2 heterocycles. The Labute approximate surface area is 408 Å². The first-order chi connectivity index (χ1) is 33.5. The number of benzene rings is 10. The van der Waals surface area contributed by atoms with Crippen molar-refractivity contribution >= 4 is 81.3 Å². The van der Waals surface area contributed by atoms with E-state index < -0.39 is 0 Å². The predicted octanol–water partition coefficient (Wildman–Crippen LogP) is 19.8. The molecule has 0 saturated carbocycles. The molecule has 12 aromatic rings. The summed E-state index contributed by atoms with van der Waals surface area (Å²) in [6.45, 7) is 13.9. The lowest BCUT2D eigenvalue weighted by Gasteiger charge is -2.29. The van der Waals surface area contributed by atoms with E-state index in [0.717, 1.165) is 55.7 Å². The van der Waals surface area contributed by atoms with Gasteiger partial charge in [0.25, 0.3) is 0 Å². The number of nitrogens with zero attached hydrogens (tertiary/aromatic N) is 1. The molecule has 2 aromatic heterocycles. The summed E-state index contributed by atoms with van der Waals surface area (Å²) in [4.78, 5) is 2.44. The second kappa shape index (κ2) is 16.5. The number of anilines is 3. The predicted molar refractivity (Wildman–Crippen MR) is 298 cm³/mol. The molecule has 0 atom stereocenters. The molecule has 3 heteroatoms. The highest BCUT2D eigenvalue weighted by molar-refractivity contribution is 7.26. The molecule has 0 N–H and O–H groups in total. The summed E-state index contributed by atoms with van der Waals surface area (Å²) in [6, 6.07) is 78.3. The number of hydrogen-bond acceptors (Lipinski definition) is 3. The van der Waals surface area contributed by atoms with E-state index in [1.165, 1.54) is 69.9 Å². The summed E-state index contributed by atoms with van der Waals surface area (Å²) < 4.78 is 8.96. The van der Waals surface area contributed by atoms with Crippen molar-refractivity contribution < 1.29 is 4.42 Å². The molecule has 0 bridgehead atoms. The van der Waals surface area contributed by atoms with E-state index in [1.807, 2.05) is 17.4 Å². The zero-order valence-corrected chi connectivity index (χ0v) is 40.8. The molecule has 334 valence electrons. The highest BCUT2D eigenvalue weighted by Gasteiger charge is 2.24. The topological polar surface area (TPSA) is 16.4 Å². The first kappa shape index (κ1) is 42.6. The van der Waals surface area contributed by atoms with E-state index in [-0.39, 0.29) is 10.8 Å². The Balaban J connectivity index is 1.04. The highest BCUT2D eigenvalue weighted by atomic mass is 32.1. The van der Waals surface area contributed by atoms with Crippen molar-refractivity contribution in [1.82, 2.24) is 0 Å². The van der Waals surface area contributed by atoms with Crippen molar-refractivity contribution in [3.8, 4) is 44.5 Å². The van der Waals surface area contributed by atoms with Gasteiger partial charge in [-0.05, 0) is 120 Å². The van der Waals surface area contributed by atoms with Crippen LogP contribution in [0.1, 0.15) is 52.7 Å². The highest BCUT2D eigenvalue weighted by Crippen LogP contribution is 2.47. The first-order valence-electron chi connectivity index (χ1n) is 24.1. The number of furan rings is 1. The van der Waals surface area contributed by atoms with Crippen molar-refractivity contribution in [2.45, 2.75) is 52.4 Å². The molecule has 0 amide bonds. The monoisotopic (exact) mass is 907 g/mol. The molecule has 12 rings (SSSR count). The number of hydrogen-bond donors (Lipinski definition) is 0. The summed E-state index contributed by atoms with van der Waals surface area (Å²) in [5.41, 5.74) is 17.3. The van der Waals surface area contributed by atoms with Gasteiger partial charge < -0.3 is 9.32 Å². The van der Waals surface area contributed by atoms with E-state index in [0.29, 0.717) is 0 Å². The van der Waals surface area contributed by atoms with Gasteiger partial charge in [-0.3, -0.25) is 0 Å². The minimum atomic E-state index is -0.00909. The normalized spacial score (nSPS) is 12.2. The van der Waals surface area contributed by atoms with E-state index >= 15 is 0 Å². The lowest BCUT2D eigenvalue weighted by Crippen LogP contribution is -2.16. The van der Waals surface area contributed by atoms with Gasteiger partial charge in [0, 0.05) is 47.9 Å². The Bertz CT molecular complexity index is 3870. The maximum Gasteiger partial charge on any atom is 0.136 e. The lowest BCUT2D eigenvalue weighted by atomic mass is 9.78. The minimum absolute atomic E-state index is 0.00909. The average molecular weight is 908 g/mol. The fourth-order valence-electron chi connectivity index (χ4n) is 10.3. The molecule has 69 heavy (non-hydrogen) atoms. The molecular weight excluding hydrogens is 855 g/mol. The fraction of sp³-hybridized carbons (Fsp3) is 0.121. The maximum atomic E-state index is 6.33. The third-order valence-corrected chi connectivity index (χ3v) is 15.2. The van der Waals surface area contributed by atoms with Crippen molar-refractivity contribution in [1.29, 1.82) is 0 Å². The van der Waals surface area contributed by atoms with Gasteiger partial charge in [-0.2, -0.15) is 0 Å². The standard InChI is InChI=1S/C66H53NOS/c1-65(2,3)46-39-45(40-47(41-46)66(4,5)6)51-22-13-17-44-18-14-25-55(62(44)51)53-19-7-10-27-58(53)67(48-35-31-42(32-36-48)50-23-16-29-60-63(50)57-21-8-11-28-59(57)68-60)49-37-33-43(34-38-49)52-24-15-26-56-54-20-9-12-30-61(54)69-64(52)56/h7-41H,1-6H3. The Morgan fingerprint density at radius 1 is 0.377 bits per heavy atom. The van der Waals surface area contributed by atoms with Crippen LogP contribution in [0.3, 0.4) is 0 Å². The van der Waals surface area contributed by atoms with Gasteiger partial charge in [0.05, 0.1) is 5.69 Å². The van der Waals surface area contributed by atoms with Gasteiger partial charge in [-0.25, -0.2) is 0 Å². The fourth-order valence-corrected chi connectivity index (χ4v) is 11.6. The van der Waals surface area contributed by atoms with E-state index in [2.05, 4.69) is 253 Å². The second-order valence-electron chi connectivity index (χ2n) is 20.5. The van der Waals surface area contributed by atoms with Crippen molar-refractivity contribution in [3.63, 3.8) is 0 Å². The Hall–Kier alpha value is -7.72. The molecule has 10 aromatic carbocycles. The summed E-state index contributed by atoms with van der Waals surface area (Å²) in [7, 11) is 0. The largest absolute Gasteiger partial charge is 0.456 e. The Morgan fingerprint density at radius 3 is 1.58 bits per heavy atom. The van der Waals surface area contributed by atoms with Crippen LogP contribution in [0.15, 0.2) is 217 Å². The van der Waals surface area contributed by atoms with Crippen LogP contribution in [0.2, 0.25) is 0 Å². The quantitative estimate of drug-likeness (QED) is 0.158. The van der Waals surface area contributed by atoms with Crippen LogP contribution < -0.4 is 4.90 Å². The first-order valence-corrected chi connectivity index (χ1v) is 24.9. The number of para-hydroxylation sites is 2. The van der Waals surface area contributed by atoms with Gasteiger partial charge >= 0.3 is 0 Å². The van der Waals surface area contributed by atoms with Gasteiger partial charge in [-0.1, -0.05) is 205 Å². The van der Waals surface area contributed by atoms with Gasteiger partial charge in [0.2, 0.25) is 0 Å². The van der Waals surface area contributed by atoms with Gasteiger partial charge in [-0.15, -0.1) is 11.3 Å². The average Bonchev–Trinajstić information content (AvgIpc) is 3.95. The van der Waals surface area contributed by atoms with Crippen LogP contribution in [-0.2, 0) is 10.8 Å². The van der Waals surface area contributed by atoms with Crippen LogP contribution >= 0.6 is 11.3 Å². The van der Waals surface area contributed by atoms with Crippen LogP contribution in [0.25, 0.3) is 97.4 Å². The molecular formula is C66H53NOS. The molecule has 0 spiro atoms. The molecule has 0 aliphatic carbocycles. The molecule has 2 nitrogen and oxygen atoms in total. The molecule has 0 unspecified atom stereocenters. The third-order valence-electron chi connectivity index (χ3n) is 14.0. The zero-order valence-electron chi connectivity index (χ0n) is 40.0. The molecule has 0 aliphatic rings.